The van der Waals surface area contributed by atoms with E-state index >= 15 is 0 Å². The van der Waals surface area contributed by atoms with E-state index in [4.69, 9.17) is 82.1 Å². The van der Waals surface area contributed by atoms with Crippen LogP contribution in [0.2, 0.25) is 0 Å². The van der Waals surface area contributed by atoms with Crippen molar-refractivity contribution >= 4 is 23.3 Å². The van der Waals surface area contributed by atoms with Crippen molar-refractivity contribution in [1.29, 1.82) is 0 Å². The van der Waals surface area contributed by atoms with E-state index in [1.165, 1.54) is 21.3 Å². The molecule has 5 aliphatic heterocycles. The Morgan fingerprint density at radius 3 is 1.25 bits per heavy atom. The minimum absolute atomic E-state index is 0.0177. The summed E-state index contributed by atoms with van der Waals surface area (Å²) in [6.45, 7) is 10.1. The van der Waals surface area contributed by atoms with Crippen molar-refractivity contribution in [1.82, 2.24) is 4.98 Å². The predicted molar refractivity (Wildman–Crippen MR) is 238 cm³/mol. The van der Waals surface area contributed by atoms with Gasteiger partial charge in [0.2, 0.25) is 17.3 Å². The molecule has 2 aromatic carbocycles. The molecule has 0 spiro atoms. The van der Waals surface area contributed by atoms with Crippen LogP contribution in [0.15, 0.2) is 77.1 Å². The van der Waals surface area contributed by atoms with Gasteiger partial charge in [0.15, 0.2) is 51.4 Å². The molecule has 21 nitrogen and oxygen atoms in total. The minimum Gasteiger partial charge on any atom is -0.493 e. The molecule has 4 N–H and O–H groups in total. The Hall–Kier alpha value is -6.36. The number of aliphatic hydroxyl groups excluding tert-OH is 3. The van der Waals surface area contributed by atoms with Gasteiger partial charge in [0.25, 0.3) is 11.6 Å². The van der Waals surface area contributed by atoms with E-state index in [0.717, 1.165) is 0 Å². The fourth-order valence-electron chi connectivity index (χ4n) is 8.13. The molecule has 1 aliphatic carbocycles. The number of aliphatic imine (C=N–C) groups is 4. The standard InChI is InChI=1S/C46H53N7O14/c1-10-18-60-25-11-12-27(62-20-16-55)31-29(25)37-47-23-22-24(34-33(23)65-45(5,58-8)46(6,59-9)66-34)48-38-30-26(61-19-15-54)13-14-28(63-21-17-56)32(30)39(50-38)51-41-35-36(42(53-41)52-40(31)49-37)67-44(4,57-7)43(2,3)64-35/h11-14,54-56H,10,15-22H2,1-9H3,(H,47,48,49,50,51,52,53). The highest BCUT2D eigenvalue weighted by Gasteiger charge is 2.58. The Morgan fingerprint density at radius 2 is 0.881 bits per heavy atom. The van der Waals surface area contributed by atoms with Crippen molar-refractivity contribution in [2.45, 2.75) is 77.3 Å². The third-order valence-electron chi connectivity index (χ3n) is 12.3. The summed E-state index contributed by atoms with van der Waals surface area (Å²) in [6, 6.07) is 6.82. The summed E-state index contributed by atoms with van der Waals surface area (Å²) in [6.07, 6.45) is 0.721. The largest absolute Gasteiger partial charge is 0.493 e. The van der Waals surface area contributed by atoms with Gasteiger partial charge in [-0.2, -0.15) is 0 Å². The molecule has 3 aromatic rings. The molecule has 1 fully saturated rings. The quantitative estimate of drug-likeness (QED) is 0.171. The Kier molecular flexibility index (Phi) is 11.9. The number of hydrogen-bond donors (Lipinski definition) is 4. The van der Waals surface area contributed by atoms with Gasteiger partial charge in [-0.25, -0.2) is 30.0 Å². The molecule has 21 heteroatoms. The monoisotopic (exact) mass is 927 g/mol. The first-order valence-corrected chi connectivity index (χ1v) is 21.8. The van der Waals surface area contributed by atoms with E-state index in [-0.39, 0.29) is 103 Å². The molecule has 6 heterocycles. The minimum atomic E-state index is -1.51. The van der Waals surface area contributed by atoms with E-state index in [9.17, 15) is 15.3 Å². The number of aromatic amines is 1. The lowest BCUT2D eigenvalue weighted by molar-refractivity contribution is -0.384. The number of fused-ring (bicyclic) bond motifs is 16. The van der Waals surface area contributed by atoms with E-state index < -0.39 is 23.0 Å². The summed E-state index contributed by atoms with van der Waals surface area (Å²) in [4.78, 5) is 34.0. The first kappa shape index (κ1) is 45.8. The highest BCUT2D eigenvalue weighted by Crippen LogP contribution is 2.50. The molecule has 67 heavy (non-hydrogen) atoms. The average Bonchev–Trinajstić information content (AvgIpc) is 4.04. The number of nitrogens with one attached hydrogen (secondary N) is 1. The SMILES string of the molecule is CCCOc1ccc(OCCO)c2c1C1=NC3=C4OC(C)(OC)C(C)(OC)OC4=C(C3)N=C3N=C(N=c4[nH]c(c5c4OC(C)(C)C(C)(OC)O5)=NC2=N1)c1c(OCCO)ccc(OCCO)c13. The second kappa shape index (κ2) is 17.4. The summed E-state index contributed by atoms with van der Waals surface area (Å²) < 4.78 is 69.3. The number of aromatic nitrogens is 1. The maximum absolute atomic E-state index is 9.89. The molecule has 1 aromatic heterocycles. The molecule has 3 atom stereocenters. The zero-order valence-corrected chi connectivity index (χ0v) is 38.7. The molecule has 0 saturated carbocycles. The van der Waals surface area contributed by atoms with Crippen LogP contribution in [-0.2, 0) is 23.7 Å². The van der Waals surface area contributed by atoms with Crippen LogP contribution in [0.4, 0.5) is 0 Å². The van der Waals surface area contributed by atoms with Crippen molar-refractivity contribution in [3.05, 3.63) is 80.4 Å². The second-order valence-corrected chi connectivity index (χ2v) is 16.7. The highest BCUT2D eigenvalue weighted by molar-refractivity contribution is 6.26. The lowest BCUT2D eigenvalue weighted by atomic mass is 9.97. The Labute approximate surface area is 384 Å². The molecular formula is C46H53N7O14. The van der Waals surface area contributed by atoms with Crippen LogP contribution in [-0.4, -0.2) is 134 Å². The van der Waals surface area contributed by atoms with Crippen molar-refractivity contribution in [2.75, 3.05) is 67.6 Å². The van der Waals surface area contributed by atoms with Gasteiger partial charge < -0.3 is 72.4 Å². The maximum atomic E-state index is 9.89. The smallest absolute Gasteiger partial charge is 0.273 e. The Bertz CT molecular complexity index is 2850. The van der Waals surface area contributed by atoms with Gasteiger partial charge >= 0.3 is 0 Å². The first-order chi connectivity index (χ1) is 32.2. The number of hydrogen-bond acceptors (Lipinski definition) is 20. The van der Waals surface area contributed by atoms with Gasteiger partial charge in [0.05, 0.1) is 60.1 Å². The molecule has 6 aliphatic rings. The topological polar surface area (TPSA) is 252 Å². The van der Waals surface area contributed by atoms with E-state index in [0.29, 0.717) is 69.7 Å². The van der Waals surface area contributed by atoms with Crippen molar-refractivity contribution in [3.8, 4) is 34.5 Å². The molecule has 9 rings (SSSR count). The van der Waals surface area contributed by atoms with Crippen molar-refractivity contribution < 1.29 is 67.4 Å². The zero-order valence-electron chi connectivity index (χ0n) is 38.7. The third kappa shape index (κ3) is 7.49. The molecule has 0 amide bonds. The van der Waals surface area contributed by atoms with Crippen LogP contribution in [0.5, 0.6) is 34.5 Å². The van der Waals surface area contributed by atoms with Gasteiger partial charge in [0, 0.05) is 48.5 Å². The van der Waals surface area contributed by atoms with E-state index in [1.54, 1.807) is 45.0 Å². The molecule has 356 valence electrons. The lowest BCUT2D eigenvalue weighted by Gasteiger charge is -2.47. The Balaban J connectivity index is 1.41. The van der Waals surface area contributed by atoms with Gasteiger partial charge in [-0.3, -0.25) is 0 Å². The second-order valence-electron chi connectivity index (χ2n) is 16.7. The zero-order chi connectivity index (χ0) is 47.5. The summed E-state index contributed by atoms with van der Waals surface area (Å²) in [5.41, 5.74) is 1.47. The number of amidine groups is 4. The summed E-state index contributed by atoms with van der Waals surface area (Å²) in [5.74, 6) is -1.68. The van der Waals surface area contributed by atoms with Crippen molar-refractivity contribution in [3.63, 3.8) is 0 Å². The van der Waals surface area contributed by atoms with Gasteiger partial charge in [0.1, 0.15) is 42.8 Å². The predicted octanol–water partition coefficient (Wildman–Crippen LogP) is 3.09. The lowest BCUT2D eigenvalue weighted by Crippen LogP contribution is -2.60. The van der Waals surface area contributed by atoms with Gasteiger partial charge in [-0.15, -0.1) is 0 Å². The molecule has 8 bridgehead atoms. The van der Waals surface area contributed by atoms with E-state index in [1.807, 2.05) is 20.8 Å². The number of H-pyrrole nitrogens is 1. The van der Waals surface area contributed by atoms with Crippen LogP contribution in [0.3, 0.4) is 0 Å². The van der Waals surface area contributed by atoms with E-state index in [2.05, 4.69) is 4.98 Å². The number of ether oxygens (including phenoxy) is 11. The number of aliphatic hydroxyl groups is 3. The van der Waals surface area contributed by atoms with Crippen LogP contribution >= 0.6 is 0 Å². The summed E-state index contributed by atoms with van der Waals surface area (Å²) >= 11 is 0. The number of nitrogens with zero attached hydrogens (tertiary/aromatic N) is 6. The maximum Gasteiger partial charge on any atom is 0.273 e. The fourth-order valence-corrected chi connectivity index (χ4v) is 8.13. The number of benzene rings is 2. The fraction of sp³-hybridized carbons (Fsp3) is 0.478. The summed E-state index contributed by atoms with van der Waals surface area (Å²) in [5, 5.41) is 29.6. The normalized spacial score (nSPS) is 23.9. The van der Waals surface area contributed by atoms with Crippen LogP contribution in [0.1, 0.15) is 76.6 Å². The molecular weight excluding hydrogens is 875 g/mol. The molecule has 1 saturated heterocycles. The van der Waals surface area contributed by atoms with Crippen molar-refractivity contribution in [2.24, 2.45) is 30.0 Å². The first-order valence-electron chi connectivity index (χ1n) is 21.8. The number of rotatable bonds is 15. The van der Waals surface area contributed by atoms with Gasteiger partial charge in [-0.1, -0.05) is 6.92 Å². The van der Waals surface area contributed by atoms with Crippen LogP contribution in [0.25, 0.3) is 0 Å². The van der Waals surface area contributed by atoms with Crippen LogP contribution < -0.4 is 39.4 Å². The Morgan fingerprint density at radius 1 is 0.507 bits per heavy atom. The van der Waals surface area contributed by atoms with Gasteiger partial charge in [-0.05, 0) is 44.5 Å². The highest BCUT2D eigenvalue weighted by atomic mass is 16.8. The third-order valence-corrected chi connectivity index (χ3v) is 12.3. The molecule has 3 unspecified atom stereocenters. The van der Waals surface area contributed by atoms with Crippen LogP contribution in [0, 0.1) is 0 Å². The molecule has 0 radical (unpaired) electrons. The summed E-state index contributed by atoms with van der Waals surface area (Å²) in [7, 11) is 4.47. The average molecular weight is 928 g/mol. The number of methoxy groups -OCH3 is 3.